The molecule has 4 rings (SSSR count). The maximum atomic E-state index is 11.6. The van der Waals surface area contributed by atoms with E-state index in [9.17, 15) is 4.79 Å². The first-order valence-corrected chi connectivity index (χ1v) is 7.60. The largest absolute Gasteiger partial charge is 0.454 e. The molecular formula is C14H12N2O4S. The fourth-order valence-corrected chi connectivity index (χ4v) is 3.43. The molecule has 2 aliphatic rings. The highest BCUT2D eigenvalue weighted by atomic mass is 32.2. The van der Waals surface area contributed by atoms with Crippen molar-refractivity contribution in [3.63, 3.8) is 0 Å². The van der Waals surface area contributed by atoms with Gasteiger partial charge in [-0.2, -0.15) is 0 Å². The molecule has 1 fully saturated rings. The number of aromatic nitrogens is 2. The third-order valence-corrected chi connectivity index (χ3v) is 4.67. The molecule has 0 amide bonds. The predicted molar refractivity (Wildman–Crippen MR) is 74.4 cm³/mol. The van der Waals surface area contributed by atoms with E-state index in [4.69, 9.17) is 13.9 Å². The second-order valence-electron chi connectivity index (χ2n) is 4.91. The Kier molecular flexibility index (Phi) is 3.07. The molecule has 1 aromatic heterocycles. The van der Waals surface area contributed by atoms with Crippen LogP contribution in [0.15, 0.2) is 27.8 Å². The van der Waals surface area contributed by atoms with Crippen molar-refractivity contribution >= 4 is 17.5 Å². The zero-order chi connectivity index (χ0) is 14.2. The minimum atomic E-state index is -0.0462. The van der Waals surface area contributed by atoms with Gasteiger partial charge in [0.15, 0.2) is 11.5 Å². The number of Topliss-reactive ketones (excluding diaryl/α,β-unsaturated/α-hetero) is 1. The third kappa shape index (κ3) is 2.37. The summed E-state index contributed by atoms with van der Waals surface area (Å²) in [6, 6.07) is 5.47. The lowest BCUT2D eigenvalue weighted by atomic mass is 10.2. The van der Waals surface area contributed by atoms with Gasteiger partial charge in [0.25, 0.3) is 5.22 Å². The standard InChI is InChI=1S/C14H12N2O4S/c17-9-2-1-3-12(9)21-14-16-15-13(20-14)8-4-5-10-11(6-8)19-7-18-10/h4-6,12H,1-3,7H2. The summed E-state index contributed by atoms with van der Waals surface area (Å²) in [6.07, 6.45) is 2.48. The first kappa shape index (κ1) is 12.7. The molecule has 2 heterocycles. The first-order valence-electron chi connectivity index (χ1n) is 6.72. The van der Waals surface area contributed by atoms with Crippen LogP contribution in [0.4, 0.5) is 0 Å². The molecule has 0 saturated heterocycles. The minimum Gasteiger partial charge on any atom is -0.454 e. The summed E-state index contributed by atoms with van der Waals surface area (Å²) in [5.41, 5.74) is 0.774. The average Bonchev–Trinajstić information content (AvgIpc) is 3.20. The smallest absolute Gasteiger partial charge is 0.277 e. The lowest BCUT2D eigenvalue weighted by molar-refractivity contribution is -0.116. The highest BCUT2D eigenvalue weighted by Gasteiger charge is 2.27. The van der Waals surface area contributed by atoms with Crippen molar-refractivity contribution in [1.82, 2.24) is 10.2 Å². The van der Waals surface area contributed by atoms with Crippen molar-refractivity contribution < 1.29 is 18.7 Å². The molecule has 0 N–H and O–H groups in total. The molecule has 7 heteroatoms. The number of ether oxygens (including phenoxy) is 2. The van der Waals surface area contributed by atoms with Crippen molar-refractivity contribution in [2.45, 2.75) is 29.7 Å². The summed E-state index contributed by atoms with van der Waals surface area (Å²) in [5.74, 6) is 2.07. The van der Waals surface area contributed by atoms with Crippen molar-refractivity contribution in [2.24, 2.45) is 0 Å². The summed E-state index contributed by atoms with van der Waals surface area (Å²) < 4.78 is 16.2. The fraction of sp³-hybridized carbons (Fsp3) is 0.357. The van der Waals surface area contributed by atoms with E-state index < -0.39 is 0 Å². The summed E-state index contributed by atoms with van der Waals surface area (Å²) in [7, 11) is 0. The zero-order valence-electron chi connectivity index (χ0n) is 11.1. The van der Waals surface area contributed by atoms with Crippen LogP contribution in [0.5, 0.6) is 11.5 Å². The lowest BCUT2D eigenvalue weighted by Crippen LogP contribution is -2.07. The molecule has 0 spiro atoms. The number of ketones is 1. The lowest BCUT2D eigenvalue weighted by Gasteiger charge is -2.02. The van der Waals surface area contributed by atoms with Gasteiger partial charge in [0.05, 0.1) is 5.25 Å². The number of hydrogen-bond acceptors (Lipinski definition) is 7. The Balaban J connectivity index is 1.55. The molecule has 21 heavy (non-hydrogen) atoms. The van der Waals surface area contributed by atoms with Crippen molar-refractivity contribution in [3.05, 3.63) is 18.2 Å². The van der Waals surface area contributed by atoms with Crippen LogP contribution in [0.25, 0.3) is 11.5 Å². The molecule has 1 atom stereocenters. The topological polar surface area (TPSA) is 74.5 Å². The SMILES string of the molecule is O=C1CCCC1Sc1nnc(-c2ccc3c(c2)OCO3)o1. The molecule has 1 unspecified atom stereocenters. The highest BCUT2D eigenvalue weighted by Crippen LogP contribution is 2.37. The maximum absolute atomic E-state index is 11.6. The van der Waals surface area contributed by atoms with E-state index in [2.05, 4.69) is 10.2 Å². The van der Waals surface area contributed by atoms with E-state index in [1.807, 2.05) is 18.2 Å². The normalized spacial score (nSPS) is 20.2. The van der Waals surface area contributed by atoms with Gasteiger partial charge in [0, 0.05) is 12.0 Å². The van der Waals surface area contributed by atoms with Crippen LogP contribution in [-0.4, -0.2) is 28.0 Å². The summed E-state index contributed by atoms with van der Waals surface area (Å²) in [5, 5.41) is 8.43. The van der Waals surface area contributed by atoms with Gasteiger partial charge in [-0.25, -0.2) is 0 Å². The number of benzene rings is 1. The number of carbonyl (C=O) groups is 1. The summed E-state index contributed by atoms with van der Waals surface area (Å²) in [6.45, 7) is 0.230. The van der Waals surface area contributed by atoms with E-state index >= 15 is 0 Å². The van der Waals surface area contributed by atoms with E-state index in [0.29, 0.717) is 29.0 Å². The molecular weight excluding hydrogens is 292 g/mol. The fourth-order valence-electron chi connectivity index (χ4n) is 2.43. The van der Waals surface area contributed by atoms with Gasteiger partial charge in [-0.05, 0) is 31.0 Å². The highest BCUT2D eigenvalue weighted by molar-refractivity contribution is 8.00. The molecule has 0 radical (unpaired) electrons. The van der Waals surface area contributed by atoms with E-state index in [-0.39, 0.29) is 17.8 Å². The minimum absolute atomic E-state index is 0.0462. The summed E-state index contributed by atoms with van der Waals surface area (Å²) >= 11 is 1.35. The molecule has 108 valence electrons. The van der Waals surface area contributed by atoms with Crippen LogP contribution in [0.3, 0.4) is 0 Å². The van der Waals surface area contributed by atoms with Gasteiger partial charge in [-0.15, -0.1) is 10.2 Å². The average molecular weight is 304 g/mol. The quantitative estimate of drug-likeness (QED) is 0.863. The molecule has 1 aliphatic carbocycles. The van der Waals surface area contributed by atoms with Crippen LogP contribution < -0.4 is 9.47 Å². The third-order valence-electron chi connectivity index (χ3n) is 3.52. The van der Waals surface area contributed by atoms with Crippen molar-refractivity contribution in [3.8, 4) is 23.0 Å². The zero-order valence-corrected chi connectivity index (χ0v) is 11.9. The van der Waals surface area contributed by atoms with Crippen LogP contribution in [0, 0.1) is 0 Å². The molecule has 1 aromatic carbocycles. The van der Waals surface area contributed by atoms with Gasteiger partial charge < -0.3 is 13.9 Å². The number of carbonyl (C=O) groups excluding carboxylic acids is 1. The predicted octanol–water partition coefficient (Wildman–Crippen LogP) is 2.68. The molecule has 6 nitrogen and oxygen atoms in total. The Hall–Kier alpha value is -2.02. The first-order chi connectivity index (χ1) is 10.3. The van der Waals surface area contributed by atoms with Gasteiger partial charge in [0.1, 0.15) is 5.78 Å². The Morgan fingerprint density at radius 3 is 2.95 bits per heavy atom. The number of fused-ring (bicyclic) bond motifs is 1. The molecule has 2 aromatic rings. The number of thioether (sulfide) groups is 1. The second-order valence-corrected chi connectivity index (χ2v) is 6.06. The van der Waals surface area contributed by atoms with Crippen LogP contribution in [0.2, 0.25) is 0 Å². The molecule has 1 aliphatic heterocycles. The van der Waals surface area contributed by atoms with Gasteiger partial charge in [-0.3, -0.25) is 4.79 Å². The number of rotatable bonds is 3. The Morgan fingerprint density at radius 2 is 2.10 bits per heavy atom. The van der Waals surface area contributed by atoms with Gasteiger partial charge in [0.2, 0.25) is 12.7 Å². The monoisotopic (exact) mass is 304 g/mol. The second kappa shape index (κ2) is 5.07. The number of hydrogen-bond donors (Lipinski definition) is 0. The van der Waals surface area contributed by atoms with Crippen LogP contribution in [0.1, 0.15) is 19.3 Å². The summed E-state index contributed by atoms with van der Waals surface area (Å²) in [4.78, 5) is 11.6. The van der Waals surface area contributed by atoms with E-state index in [1.165, 1.54) is 11.8 Å². The van der Waals surface area contributed by atoms with Crippen molar-refractivity contribution in [2.75, 3.05) is 6.79 Å². The molecule has 1 saturated carbocycles. The number of nitrogens with zero attached hydrogens (tertiary/aromatic N) is 2. The Labute approximate surface area is 124 Å². The molecule has 0 bridgehead atoms. The maximum Gasteiger partial charge on any atom is 0.277 e. The van der Waals surface area contributed by atoms with E-state index in [0.717, 1.165) is 18.4 Å². The van der Waals surface area contributed by atoms with Gasteiger partial charge >= 0.3 is 0 Å². The Morgan fingerprint density at radius 1 is 1.19 bits per heavy atom. The van der Waals surface area contributed by atoms with E-state index in [1.54, 1.807) is 0 Å². The van der Waals surface area contributed by atoms with Crippen molar-refractivity contribution in [1.29, 1.82) is 0 Å². The van der Waals surface area contributed by atoms with Gasteiger partial charge in [-0.1, -0.05) is 11.8 Å². The Bertz CT molecular complexity index is 700. The van der Waals surface area contributed by atoms with Crippen LogP contribution >= 0.6 is 11.8 Å². The van der Waals surface area contributed by atoms with Crippen LogP contribution in [-0.2, 0) is 4.79 Å².